The molecular weight excluding hydrogens is 208 g/mol. The van der Waals surface area contributed by atoms with Gasteiger partial charge in [-0.05, 0) is 25.0 Å². The fraction of sp³-hybridized carbons (Fsp3) is 0.909. The molecule has 0 radical (unpaired) electrons. The molecule has 1 fully saturated rings. The Morgan fingerprint density at radius 1 is 1.33 bits per heavy atom. The van der Waals surface area contributed by atoms with E-state index < -0.39 is 0 Å². The van der Waals surface area contributed by atoms with E-state index in [1.807, 2.05) is 0 Å². The zero-order chi connectivity index (χ0) is 10.9. The lowest BCUT2D eigenvalue weighted by atomic mass is 10.0. The molecule has 2 N–H and O–H groups in total. The molecule has 0 aliphatic heterocycles. The van der Waals surface area contributed by atoms with Crippen LogP contribution >= 0.6 is 11.8 Å². The van der Waals surface area contributed by atoms with Crippen LogP contribution in [0.4, 0.5) is 4.79 Å². The summed E-state index contributed by atoms with van der Waals surface area (Å²) >= 11 is 2.08. The number of carbonyl (C=O) groups is 1. The largest absolute Gasteiger partial charge is 0.341 e. The SMILES string of the molecule is CNC(=O)NCCCSC1CCCCC1. The van der Waals surface area contributed by atoms with Crippen molar-refractivity contribution in [2.45, 2.75) is 43.8 Å². The van der Waals surface area contributed by atoms with Crippen LogP contribution in [0.2, 0.25) is 0 Å². The first kappa shape index (κ1) is 12.7. The van der Waals surface area contributed by atoms with E-state index in [0.29, 0.717) is 0 Å². The molecule has 4 heteroatoms. The molecular formula is C11H22N2OS. The quantitative estimate of drug-likeness (QED) is 0.712. The number of hydrogen-bond donors (Lipinski definition) is 2. The van der Waals surface area contributed by atoms with Crippen LogP contribution in [0.15, 0.2) is 0 Å². The first-order valence-electron chi connectivity index (χ1n) is 5.90. The predicted octanol–water partition coefficient (Wildman–Crippen LogP) is 2.37. The summed E-state index contributed by atoms with van der Waals surface area (Å²) in [5.41, 5.74) is 0. The number of nitrogens with one attached hydrogen (secondary N) is 2. The van der Waals surface area contributed by atoms with Crippen molar-refractivity contribution in [3.63, 3.8) is 0 Å². The topological polar surface area (TPSA) is 41.1 Å². The highest BCUT2D eigenvalue weighted by Gasteiger charge is 2.12. The molecule has 1 rings (SSSR count). The molecule has 88 valence electrons. The Morgan fingerprint density at radius 3 is 2.73 bits per heavy atom. The molecule has 1 aliphatic rings. The summed E-state index contributed by atoms with van der Waals surface area (Å²) in [5.74, 6) is 1.18. The minimum absolute atomic E-state index is 0.0716. The van der Waals surface area contributed by atoms with Crippen molar-refractivity contribution in [3.05, 3.63) is 0 Å². The van der Waals surface area contributed by atoms with Crippen LogP contribution < -0.4 is 10.6 Å². The Hall–Kier alpha value is -0.380. The van der Waals surface area contributed by atoms with Gasteiger partial charge in [0.25, 0.3) is 0 Å². The van der Waals surface area contributed by atoms with Crippen molar-refractivity contribution in [2.75, 3.05) is 19.3 Å². The van der Waals surface area contributed by atoms with E-state index in [9.17, 15) is 4.79 Å². The zero-order valence-electron chi connectivity index (χ0n) is 9.55. The molecule has 0 spiro atoms. The number of urea groups is 1. The summed E-state index contributed by atoms with van der Waals surface area (Å²) in [6.45, 7) is 0.791. The molecule has 0 unspecified atom stereocenters. The fourth-order valence-electron chi connectivity index (χ4n) is 1.84. The van der Waals surface area contributed by atoms with Crippen LogP contribution in [0.25, 0.3) is 0 Å². The van der Waals surface area contributed by atoms with E-state index in [1.54, 1.807) is 7.05 Å². The maximum absolute atomic E-state index is 10.8. The molecule has 0 atom stereocenters. The normalized spacial score (nSPS) is 17.4. The minimum atomic E-state index is -0.0716. The number of carbonyl (C=O) groups excluding carboxylic acids is 1. The lowest BCUT2D eigenvalue weighted by Gasteiger charge is -2.20. The number of hydrogen-bond acceptors (Lipinski definition) is 2. The highest BCUT2D eigenvalue weighted by atomic mass is 32.2. The number of amides is 2. The van der Waals surface area contributed by atoms with Crippen molar-refractivity contribution in [1.29, 1.82) is 0 Å². The molecule has 0 bridgehead atoms. The summed E-state index contributed by atoms with van der Waals surface area (Å²) in [4.78, 5) is 10.8. The van der Waals surface area contributed by atoms with Gasteiger partial charge in [0, 0.05) is 18.8 Å². The van der Waals surface area contributed by atoms with Crippen molar-refractivity contribution in [1.82, 2.24) is 10.6 Å². The molecule has 3 nitrogen and oxygen atoms in total. The molecule has 0 aromatic heterocycles. The average Bonchev–Trinajstić information content (AvgIpc) is 2.29. The second kappa shape index (κ2) is 7.85. The third-order valence-corrected chi connectivity index (χ3v) is 4.21. The first-order valence-corrected chi connectivity index (χ1v) is 6.95. The summed E-state index contributed by atoms with van der Waals surface area (Å²) < 4.78 is 0. The van der Waals surface area contributed by atoms with Gasteiger partial charge < -0.3 is 10.6 Å². The third-order valence-electron chi connectivity index (χ3n) is 2.74. The monoisotopic (exact) mass is 230 g/mol. The molecule has 0 aromatic rings. The van der Waals surface area contributed by atoms with Gasteiger partial charge in [-0.3, -0.25) is 0 Å². The fourth-order valence-corrected chi connectivity index (χ4v) is 3.16. The van der Waals surface area contributed by atoms with Crippen LogP contribution in [0.3, 0.4) is 0 Å². The number of thioether (sulfide) groups is 1. The summed E-state index contributed by atoms with van der Waals surface area (Å²) in [6, 6.07) is -0.0716. The Morgan fingerprint density at radius 2 is 2.07 bits per heavy atom. The Labute approximate surface area is 96.8 Å². The van der Waals surface area contributed by atoms with Gasteiger partial charge in [-0.1, -0.05) is 19.3 Å². The highest BCUT2D eigenvalue weighted by Crippen LogP contribution is 2.28. The summed E-state index contributed by atoms with van der Waals surface area (Å²) in [7, 11) is 1.64. The Kier molecular flexibility index (Phi) is 6.64. The van der Waals surface area contributed by atoms with Crippen molar-refractivity contribution < 1.29 is 4.79 Å². The van der Waals surface area contributed by atoms with Gasteiger partial charge in [0.2, 0.25) is 0 Å². The zero-order valence-corrected chi connectivity index (χ0v) is 10.4. The molecule has 1 aliphatic carbocycles. The maximum atomic E-state index is 10.8. The lowest BCUT2D eigenvalue weighted by molar-refractivity contribution is 0.243. The maximum Gasteiger partial charge on any atom is 0.314 e. The Bertz CT molecular complexity index is 181. The summed E-state index contributed by atoms with van der Waals surface area (Å²) in [6.07, 6.45) is 8.12. The van der Waals surface area contributed by atoms with E-state index in [2.05, 4.69) is 22.4 Å². The van der Waals surface area contributed by atoms with E-state index in [0.717, 1.165) is 18.2 Å². The minimum Gasteiger partial charge on any atom is -0.341 e. The van der Waals surface area contributed by atoms with E-state index in [-0.39, 0.29) is 6.03 Å². The molecule has 2 amide bonds. The highest BCUT2D eigenvalue weighted by molar-refractivity contribution is 7.99. The van der Waals surface area contributed by atoms with E-state index in [1.165, 1.54) is 37.9 Å². The van der Waals surface area contributed by atoms with Crippen LogP contribution in [-0.4, -0.2) is 30.6 Å². The van der Waals surface area contributed by atoms with Crippen LogP contribution in [0.5, 0.6) is 0 Å². The van der Waals surface area contributed by atoms with E-state index >= 15 is 0 Å². The standard InChI is InChI=1S/C11H22N2OS/c1-12-11(14)13-8-5-9-15-10-6-3-2-4-7-10/h10H,2-9H2,1H3,(H2,12,13,14). The van der Waals surface area contributed by atoms with E-state index in [4.69, 9.17) is 0 Å². The van der Waals surface area contributed by atoms with Gasteiger partial charge in [0.05, 0.1) is 0 Å². The summed E-state index contributed by atoms with van der Waals surface area (Å²) in [5, 5.41) is 6.24. The smallest absolute Gasteiger partial charge is 0.314 e. The van der Waals surface area contributed by atoms with Crippen LogP contribution in [0, 0.1) is 0 Å². The lowest BCUT2D eigenvalue weighted by Crippen LogP contribution is -2.33. The average molecular weight is 230 g/mol. The van der Waals surface area contributed by atoms with Gasteiger partial charge in [-0.15, -0.1) is 0 Å². The molecule has 0 saturated heterocycles. The Balaban J connectivity index is 1.89. The van der Waals surface area contributed by atoms with Crippen molar-refractivity contribution in [3.8, 4) is 0 Å². The third kappa shape index (κ3) is 5.92. The number of rotatable bonds is 5. The molecule has 15 heavy (non-hydrogen) atoms. The van der Waals surface area contributed by atoms with Crippen LogP contribution in [0.1, 0.15) is 38.5 Å². The molecule has 0 aromatic carbocycles. The predicted molar refractivity (Wildman–Crippen MR) is 66.4 cm³/mol. The van der Waals surface area contributed by atoms with Crippen molar-refractivity contribution >= 4 is 17.8 Å². The second-order valence-electron chi connectivity index (χ2n) is 3.99. The van der Waals surface area contributed by atoms with Gasteiger partial charge in [-0.25, -0.2) is 4.79 Å². The van der Waals surface area contributed by atoms with Gasteiger partial charge in [0.1, 0.15) is 0 Å². The van der Waals surface area contributed by atoms with Crippen molar-refractivity contribution in [2.24, 2.45) is 0 Å². The molecule has 1 saturated carbocycles. The first-order chi connectivity index (χ1) is 7.33. The van der Waals surface area contributed by atoms with Gasteiger partial charge >= 0.3 is 6.03 Å². The molecule has 0 heterocycles. The second-order valence-corrected chi connectivity index (χ2v) is 5.40. The van der Waals surface area contributed by atoms with Crippen LogP contribution in [-0.2, 0) is 0 Å². The van der Waals surface area contributed by atoms with Gasteiger partial charge in [0.15, 0.2) is 0 Å². The van der Waals surface area contributed by atoms with Gasteiger partial charge in [-0.2, -0.15) is 11.8 Å².